The summed E-state index contributed by atoms with van der Waals surface area (Å²) in [6, 6.07) is 5.08. The fourth-order valence-electron chi connectivity index (χ4n) is 2.60. The summed E-state index contributed by atoms with van der Waals surface area (Å²) in [4.78, 5) is 2.21. The Labute approximate surface area is 107 Å². The number of β-amino-alcohol motifs (C(OH)–C–C–N with tert-alkyl or cyclic N) is 1. The number of likely N-dealkylation sites (tertiary alicyclic amines) is 1. The molecular formula is C14H21FN2O. The molecule has 0 spiro atoms. The lowest BCUT2D eigenvalue weighted by atomic mass is 9.95. The molecule has 0 radical (unpaired) electrons. The number of rotatable bonds is 3. The maximum atomic E-state index is 13.3. The van der Waals surface area contributed by atoms with Gasteiger partial charge in [-0.3, -0.25) is 4.90 Å². The van der Waals surface area contributed by atoms with Crippen molar-refractivity contribution in [1.29, 1.82) is 0 Å². The normalized spacial score (nSPS) is 25.3. The van der Waals surface area contributed by atoms with Gasteiger partial charge in [0.2, 0.25) is 0 Å². The molecule has 1 aromatic rings. The molecule has 100 valence electrons. The van der Waals surface area contributed by atoms with Crippen LogP contribution in [0.5, 0.6) is 0 Å². The van der Waals surface area contributed by atoms with E-state index in [1.807, 2.05) is 13.0 Å². The number of halogens is 1. The van der Waals surface area contributed by atoms with Crippen LogP contribution in [0.15, 0.2) is 18.2 Å². The van der Waals surface area contributed by atoms with Crippen molar-refractivity contribution in [1.82, 2.24) is 4.90 Å². The summed E-state index contributed by atoms with van der Waals surface area (Å²) < 4.78 is 13.3. The summed E-state index contributed by atoms with van der Waals surface area (Å²) >= 11 is 0. The molecule has 1 fully saturated rings. The van der Waals surface area contributed by atoms with Gasteiger partial charge in [-0.25, -0.2) is 4.39 Å². The number of piperidine rings is 1. The van der Waals surface area contributed by atoms with E-state index in [9.17, 15) is 9.50 Å². The monoisotopic (exact) mass is 252 g/mol. The van der Waals surface area contributed by atoms with Crippen molar-refractivity contribution in [2.45, 2.75) is 38.5 Å². The number of aliphatic hydroxyl groups is 1. The highest BCUT2D eigenvalue weighted by molar-refractivity contribution is 5.25. The van der Waals surface area contributed by atoms with Crippen LogP contribution in [-0.4, -0.2) is 28.7 Å². The summed E-state index contributed by atoms with van der Waals surface area (Å²) in [5.41, 5.74) is 6.50. The Bertz CT molecular complexity index is 420. The van der Waals surface area contributed by atoms with Gasteiger partial charge in [-0.2, -0.15) is 0 Å². The second-order valence-corrected chi connectivity index (χ2v) is 5.44. The number of benzene rings is 1. The zero-order chi connectivity index (χ0) is 13.2. The molecule has 1 aliphatic heterocycles. The van der Waals surface area contributed by atoms with Crippen molar-refractivity contribution in [3.8, 4) is 0 Å². The van der Waals surface area contributed by atoms with Gasteiger partial charge in [-0.1, -0.05) is 12.1 Å². The average molecular weight is 252 g/mol. The predicted molar refractivity (Wildman–Crippen MR) is 69.4 cm³/mol. The van der Waals surface area contributed by atoms with Gasteiger partial charge in [0.15, 0.2) is 0 Å². The number of nitrogens with zero attached hydrogens (tertiary/aromatic N) is 1. The molecule has 0 amide bonds. The molecule has 0 bridgehead atoms. The van der Waals surface area contributed by atoms with Crippen LogP contribution in [0.2, 0.25) is 0 Å². The number of nitrogens with two attached hydrogens (primary N) is 1. The van der Waals surface area contributed by atoms with Gasteiger partial charge in [0.25, 0.3) is 0 Å². The van der Waals surface area contributed by atoms with E-state index in [2.05, 4.69) is 4.90 Å². The third-order valence-corrected chi connectivity index (χ3v) is 3.49. The quantitative estimate of drug-likeness (QED) is 0.859. The molecule has 1 atom stereocenters. The lowest BCUT2D eigenvalue weighted by molar-refractivity contribution is -0.0181. The number of hydrogen-bond acceptors (Lipinski definition) is 3. The minimum absolute atomic E-state index is 0.220. The first kappa shape index (κ1) is 13.5. The highest BCUT2D eigenvalue weighted by Gasteiger charge is 2.28. The predicted octanol–water partition coefficient (Wildman–Crippen LogP) is 1.63. The maximum Gasteiger partial charge on any atom is 0.127 e. The van der Waals surface area contributed by atoms with Gasteiger partial charge in [0, 0.05) is 25.2 Å². The van der Waals surface area contributed by atoms with Crippen LogP contribution in [0.1, 0.15) is 30.9 Å². The minimum atomic E-state index is -0.602. The molecule has 1 aromatic carbocycles. The van der Waals surface area contributed by atoms with Crippen LogP contribution in [0.4, 0.5) is 4.39 Å². The lowest BCUT2D eigenvalue weighted by Gasteiger charge is -2.36. The summed E-state index contributed by atoms with van der Waals surface area (Å²) in [7, 11) is 0. The molecule has 1 aliphatic rings. The molecule has 2 rings (SSSR count). The van der Waals surface area contributed by atoms with Gasteiger partial charge in [0.05, 0.1) is 5.60 Å². The Hall–Kier alpha value is -0.970. The topological polar surface area (TPSA) is 49.5 Å². The van der Waals surface area contributed by atoms with Crippen LogP contribution in [0, 0.1) is 5.82 Å². The molecule has 3 nitrogen and oxygen atoms in total. The largest absolute Gasteiger partial charge is 0.389 e. The first-order chi connectivity index (χ1) is 8.50. The maximum absolute atomic E-state index is 13.3. The summed E-state index contributed by atoms with van der Waals surface area (Å²) in [5.74, 6) is -0.244. The second kappa shape index (κ2) is 5.34. The molecule has 0 saturated carbocycles. The van der Waals surface area contributed by atoms with Crippen molar-refractivity contribution in [2.24, 2.45) is 5.73 Å². The molecular weight excluding hydrogens is 231 g/mol. The van der Waals surface area contributed by atoms with Crippen LogP contribution in [0.25, 0.3) is 0 Å². The van der Waals surface area contributed by atoms with E-state index < -0.39 is 5.60 Å². The minimum Gasteiger partial charge on any atom is -0.389 e. The van der Waals surface area contributed by atoms with E-state index >= 15 is 0 Å². The average Bonchev–Trinajstić information content (AvgIpc) is 2.30. The SMILES string of the molecule is CC1(O)CCCN(Cc2ccc(F)c(CN)c2)C1. The fourth-order valence-corrected chi connectivity index (χ4v) is 2.60. The molecule has 1 heterocycles. The molecule has 3 N–H and O–H groups in total. The van der Waals surface area contributed by atoms with Gasteiger partial charge in [-0.05, 0) is 37.9 Å². The third-order valence-electron chi connectivity index (χ3n) is 3.49. The molecule has 4 heteroatoms. The smallest absolute Gasteiger partial charge is 0.127 e. The van der Waals surface area contributed by atoms with Gasteiger partial charge in [-0.15, -0.1) is 0 Å². The molecule has 1 unspecified atom stereocenters. The molecule has 1 saturated heterocycles. The van der Waals surface area contributed by atoms with Crippen molar-refractivity contribution >= 4 is 0 Å². The van der Waals surface area contributed by atoms with E-state index in [1.54, 1.807) is 6.07 Å². The molecule has 18 heavy (non-hydrogen) atoms. The van der Waals surface area contributed by atoms with Crippen molar-refractivity contribution in [3.05, 3.63) is 35.1 Å². The van der Waals surface area contributed by atoms with E-state index in [-0.39, 0.29) is 12.4 Å². The Morgan fingerprint density at radius 2 is 2.28 bits per heavy atom. The lowest BCUT2D eigenvalue weighted by Crippen LogP contribution is -2.45. The third kappa shape index (κ3) is 3.28. The van der Waals surface area contributed by atoms with E-state index in [1.165, 1.54) is 6.07 Å². The van der Waals surface area contributed by atoms with Crippen LogP contribution in [-0.2, 0) is 13.1 Å². The van der Waals surface area contributed by atoms with E-state index in [4.69, 9.17) is 5.73 Å². The van der Waals surface area contributed by atoms with Gasteiger partial charge in [0.1, 0.15) is 5.82 Å². The number of hydrogen-bond donors (Lipinski definition) is 2. The molecule has 0 aliphatic carbocycles. The van der Waals surface area contributed by atoms with Crippen molar-refractivity contribution < 1.29 is 9.50 Å². The van der Waals surface area contributed by atoms with Crippen LogP contribution in [0.3, 0.4) is 0 Å². The Morgan fingerprint density at radius 1 is 1.50 bits per heavy atom. The first-order valence-electron chi connectivity index (χ1n) is 6.42. The van der Waals surface area contributed by atoms with Gasteiger partial charge < -0.3 is 10.8 Å². The van der Waals surface area contributed by atoms with Crippen LogP contribution >= 0.6 is 0 Å². The van der Waals surface area contributed by atoms with E-state index in [0.29, 0.717) is 12.1 Å². The van der Waals surface area contributed by atoms with Crippen molar-refractivity contribution in [3.63, 3.8) is 0 Å². The Morgan fingerprint density at radius 3 is 2.94 bits per heavy atom. The molecule has 0 aromatic heterocycles. The summed E-state index contributed by atoms with van der Waals surface area (Å²) in [5, 5.41) is 10.0. The van der Waals surface area contributed by atoms with E-state index in [0.717, 1.165) is 31.5 Å². The first-order valence-corrected chi connectivity index (χ1v) is 6.42. The van der Waals surface area contributed by atoms with Gasteiger partial charge >= 0.3 is 0 Å². The van der Waals surface area contributed by atoms with Crippen LogP contribution < -0.4 is 5.73 Å². The summed E-state index contributed by atoms with van der Waals surface area (Å²) in [6.45, 7) is 4.48. The highest BCUT2D eigenvalue weighted by atomic mass is 19.1. The zero-order valence-electron chi connectivity index (χ0n) is 10.8. The second-order valence-electron chi connectivity index (χ2n) is 5.44. The zero-order valence-corrected chi connectivity index (χ0v) is 10.8. The van der Waals surface area contributed by atoms with Crippen molar-refractivity contribution in [2.75, 3.05) is 13.1 Å². The highest BCUT2D eigenvalue weighted by Crippen LogP contribution is 2.22. The Balaban J connectivity index is 2.05. The standard InChI is InChI=1S/C14H21FN2O/c1-14(18)5-2-6-17(10-14)9-11-3-4-13(15)12(7-11)8-16/h3-4,7,18H,2,5-6,8-10,16H2,1H3. The Kier molecular flexibility index (Phi) is 4.00. The fraction of sp³-hybridized carbons (Fsp3) is 0.571. The summed E-state index contributed by atoms with van der Waals surface area (Å²) in [6.07, 6.45) is 1.85.